The normalized spacial score (nSPS) is 10.9. The molecule has 0 spiro atoms. The number of aryl methyl sites for hydroxylation is 2. The SMILES string of the molecule is Cc1ccc(-n2nc3cc(C)c(NC(=O)c4ccccc4I)cc3n2)cc1. The number of carbonyl (C=O) groups is 1. The van der Waals surface area contributed by atoms with Crippen LogP contribution in [-0.4, -0.2) is 20.9 Å². The number of aromatic nitrogens is 3. The molecule has 3 aromatic carbocycles. The molecule has 1 amide bonds. The van der Waals surface area contributed by atoms with Crippen molar-refractivity contribution in [1.82, 2.24) is 15.0 Å². The maximum Gasteiger partial charge on any atom is 0.256 e. The monoisotopic (exact) mass is 468 g/mol. The van der Waals surface area contributed by atoms with Crippen molar-refractivity contribution >= 4 is 45.2 Å². The summed E-state index contributed by atoms with van der Waals surface area (Å²) in [5.74, 6) is -0.131. The topological polar surface area (TPSA) is 59.8 Å². The molecule has 1 heterocycles. The van der Waals surface area contributed by atoms with E-state index in [1.54, 1.807) is 4.80 Å². The van der Waals surface area contributed by atoms with E-state index in [9.17, 15) is 4.79 Å². The second-order valence-corrected chi connectivity index (χ2v) is 7.58. The summed E-state index contributed by atoms with van der Waals surface area (Å²) in [4.78, 5) is 14.2. The summed E-state index contributed by atoms with van der Waals surface area (Å²) in [5.41, 5.74) is 5.95. The molecule has 27 heavy (non-hydrogen) atoms. The highest BCUT2D eigenvalue weighted by molar-refractivity contribution is 14.1. The second-order valence-electron chi connectivity index (χ2n) is 6.41. The van der Waals surface area contributed by atoms with Crippen molar-refractivity contribution in [3.05, 3.63) is 80.9 Å². The molecule has 6 heteroatoms. The van der Waals surface area contributed by atoms with E-state index in [2.05, 4.69) is 38.1 Å². The van der Waals surface area contributed by atoms with Crippen LogP contribution in [0.25, 0.3) is 16.7 Å². The van der Waals surface area contributed by atoms with Gasteiger partial charge in [0.2, 0.25) is 0 Å². The van der Waals surface area contributed by atoms with Crippen LogP contribution in [-0.2, 0) is 0 Å². The van der Waals surface area contributed by atoms with Gasteiger partial charge in [-0.2, -0.15) is 4.80 Å². The number of benzene rings is 3. The second kappa shape index (κ2) is 7.11. The fourth-order valence-corrected chi connectivity index (χ4v) is 3.46. The molecular formula is C21H17IN4O. The standard InChI is InChI=1S/C21H17IN4O/c1-13-7-9-15(10-8-13)26-24-19-11-14(2)18(12-20(19)25-26)23-21(27)16-5-3-4-6-17(16)22/h3-12H,1-2H3,(H,23,27). The van der Waals surface area contributed by atoms with Crippen LogP contribution < -0.4 is 5.32 Å². The molecule has 0 aliphatic heterocycles. The molecule has 0 bridgehead atoms. The largest absolute Gasteiger partial charge is 0.322 e. The minimum Gasteiger partial charge on any atom is -0.322 e. The Morgan fingerprint density at radius 1 is 0.963 bits per heavy atom. The van der Waals surface area contributed by atoms with Crippen LogP contribution in [0.2, 0.25) is 0 Å². The van der Waals surface area contributed by atoms with E-state index >= 15 is 0 Å². The molecule has 134 valence electrons. The van der Waals surface area contributed by atoms with Crippen LogP contribution in [0.3, 0.4) is 0 Å². The number of rotatable bonds is 3. The molecule has 0 aliphatic rings. The summed E-state index contributed by atoms with van der Waals surface area (Å²) in [7, 11) is 0. The van der Waals surface area contributed by atoms with Gasteiger partial charge in [0.25, 0.3) is 5.91 Å². The molecule has 1 N–H and O–H groups in total. The average Bonchev–Trinajstić information content (AvgIpc) is 3.05. The Labute approximate surface area is 170 Å². The first-order chi connectivity index (χ1) is 13.0. The summed E-state index contributed by atoms with van der Waals surface area (Å²) in [5, 5.41) is 12.1. The first kappa shape index (κ1) is 17.7. The van der Waals surface area contributed by atoms with Crippen molar-refractivity contribution in [2.45, 2.75) is 13.8 Å². The van der Waals surface area contributed by atoms with Crippen molar-refractivity contribution in [3.8, 4) is 5.69 Å². The van der Waals surface area contributed by atoms with Gasteiger partial charge in [-0.05, 0) is 78.4 Å². The number of nitrogens with one attached hydrogen (secondary N) is 1. The predicted octanol–water partition coefficient (Wildman–Crippen LogP) is 4.89. The molecule has 4 aromatic rings. The summed E-state index contributed by atoms with van der Waals surface area (Å²) in [6.45, 7) is 4.00. The summed E-state index contributed by atoms with van der Waals surface area (Å²) in [6.07, 6.45) is 0. The van der Waals surface area contributed by atoms with Gasteiger partial charge in [-0.25, -0.2) is 0 Å². The fraction of sp³-hybridized carbons (Fsp3) is 0.0952. The first-order valence-electron chi connectivity index (χ1n) is 8.52. The third-order valence-electron chi connectivity index (χ3n) is 4.36. The van der Waals surface area contributed by atoms with Crippen molar-refractivity contribution in [1.29, 1.82) is 0 Å². The van der Waals surface area contributed by atoms with Gasteiger partial charge in [0, 0.05) is 9.26 Å². The van der Waals surface area contributed by atoms with E-state index in [-0.39, 0.29) is 5.91 Å². The number of fused-ring (bicyclic) bond motifs is 1. The Hall–Kier alpha value is -2.74. The molecule has 5 nitrogen and oxygen atoms in total. The Kier molecular flexibility index (Phi) is 4.65. The van der Waals surface area contributed by atoms with Crippen LogP contribution in [0.1, 0.15) is 21.5 Å². The van der Waals surface area contributed by atoms with Crippen molar-refractivity contribution in [2.75, 3.05) is 5.32 Å². The fourth-order valence-electron chi connectivity index (χ4n) is 2.83. The van der Waals surface area contributed by atoms with Gasteiger partial charge in [-0.3, -0.25) is 4.79 Å². The lowest BCUT2D eigenvalue weighted by Gasteiger charge is -2.09. The Morgan fingerprint density at radius 3 is 2.33 bits per heavy atom. The number of nitrogens with zero attached hydrogens (tertiary/aromatic N) is 3. The number of anilines is 1. The number of hydrogen-bond acceptors (Lipinski definition) is 3. The quantitative estimate of drug-likeness (QED) is 0.436. The molecule has 1 aromatic heterocycles. The number of hydrogen-bond donors (Lipinski definition) is 1. The highest BCUT2D eigenvalue weighted by atomic mass is 127. The molecule has 0 fully saturated rings. The van der Waals surface area contributed by atoms with Gasteiger partial charge < -0.3 is 5.32 Å². The zero-order valence-electron chi connectivity index (χ0n) is 14.9. The van der Waals surface area contributed by atoms with Crippen LogP contribution in [0.5, 0.6) is 0 Å². The highest BCUT2D eigenvalue weighted by Crippen LogP contribution is 2.23. The summed E-state index contributed by atoms with van der Waals surface area (Å²) < 4.78 is 0.914. The average molecular weight is 468 g/mol. The number of carbonyl (C=O) groups excluding carboxylic acids is 1. The van der Waals surface area contributed by atoms with Crippen molar-refractivity contribution in [3.63, 3.8) is 0 Å². The zero-order chi connectivity index (χ0) is 19.0. The number of halogens is 1. The predicted molar refractivity (Wildman–Crippen MR) is 115 cm³/mol. The smallest absolute Gasteiger partial charge is 0.256 e. The van der Waals surface area contributed by atoms with E-state index in [1.165, 1.54) is 5.56 Å². The number of amides is 1. The van der Waals surface area contributed by atoms with Crippen LogP contribution in [0.4, 0.5) is 5.69 Å². The first-order valence-corrected chi connectivity index (χ1v) is 9.60. The third-order valence-corrected chi connectivity index (χ3v) is 5.30. The van der Waals surface area contributed by atoms with Crippen LogP contribution in [0.15, 0.2) is 60.7 Å². The van der Waals surface area contributed by atoms with Crippen LogP contribution >= 0.6 is 22.6 Å². The van der Waals surface area contributed by atoms with Gasteiger partial charge in [-0.1, -0.05) is 29.8 Å². The van der Waals surface area contributed by atoms with E-state index in [0.717, 1.165) is 31.5 Å². The van der Waals surface area contributed by atoms with Gasteiger partial charge in [-0.15, -0.1) is 10.2 Å². The Bertz CT molecular complexity index is 1150. The van der Waals surface area contributed by atoms with Crippen LogP contribution in [0, 0.1) is 17.4 Å². The van der Waals surface area contributed by atoms with Gasteiger partial charge in [0.1, 0.15) is 11.0 Å². The van der Waals surface area contributed by atoms with Crippen molar-refractivity contribution < 1.29 is 4.79 Å². The van der Waals surface area contributed by atoms with E-state index in [4.69, 9.17) is 0 Å². The molecule has 0 aliphatic carbocycles. The minimum atomic E-state index is -0.131. The molecule has 0 radical (unpaired) electrons. The zero-order valence-corrected chi connectivity index (χ0v) is 17.1. The van der Waals surface area contributed by atoms with Gasteiger partial charge >= 0.3 is 0 Å². The molecule has 0 atom stereocenters. The lowest BCUT2D eigenvalue weighted by atomic mass is 10.1. The highest BCUT2D eigenvalue weighted by Gasteiger charge is 2.13. The lowest BCUT2D eigenvalue weighted by Crippen LogP contribution is -2.14. The van der Waals surface area contributed by atoms with Gasteiger partial charge in [0.15, 0.2) is 0 Å². The summed E-state index contributed by atoms with van der Waals surface area (Å²) >= 11 is 2.17. The van der Waals surface area contributed by atoms with Gasteiger partial charge in [0.05, 0.1) is 11.3 Å². The molecular weight excluding hydrogens is 451 g/mol. The molecule has 0 saturated carbocycles. The molecule has 0 unspecified atom stereocenters. The van der Waals surface area contributed by atoms with E-state index < -0.39 is 0 Å². The Morgan fingerprint density at radius 2 is 1.63 bits per heavy atom. The Balaban J connectivity index is 1.68. The molecule has 4 rings (SSSR count). The summed E-state index contributed by atoms with van der Waals surface area (Å²) in [6, 6.07) is 19.4. The maximum atomic E-state index is 12.6. The molecule has 0 saturated heterocycles. The van der Waals surface area contributed by atoms with E-state index in [1.807, 2.05) is 74.5 Å². The minimum absolute atomic E-state index is 0.131. The van der Waals surface area contributed by atoms with E-state index in [0.29, 0.717) is 5.56 Å². The van der Waals surface area contributed by atoms with Crippen molar-refractivity contribution in [2.24, 2.45) is 0 Å². The third kappa shape index (κ3) is 3.57. The lowest BCUT2D eigenvalue weighted by molar-refractivity contribution is 0.102. The maximum absolute atomic E-state index is 12.6.